The summed E-state index contributed by atoms with van der Waals surface area (Å²) < 4.78 is 43.6. The SMILES string of the molecule is COC(=O)C1CC(n2nc(C(F)(F)F)cc2C)CN1. The Morgan fingerprint density at radius 3 is 2.79 bits per heavy atom. The highest BCUT2D eigenvalue weighted by atomic mass is 19.4. The van der Waals surface area contributed by atoms with E-state index in [4.69, 9.17) is 0 Å². The molecule has 19 heavy (non-hydrogen) atoms. The third kappa shape index (κ3) is 2.73. The summed E-state index contributed by atoms with van der Waals surface area (Å²) in [5, 5.41) is 6.50. The molecule has 2 rings (SSSR count). The number of aryl methyl sites for hydroxylation is 1. The van der Waals surface area contributed by atoms with E-state index in [0.29, 0.717) is 18.7 Å². The normalized spacial score (nSPS) is 23.6. The minimum absolute atomic E-state index is 0.278. The molecule has 1 fully saturated rings. The maximum absolute atomic E-state index is 12.6. The van der Waals surface area contributed by atoms with E-state index in [1.807, 2.05) is 0 Å². The average Bonchev–Trinajstić information content (AvgIpc) is 2.93. The largest absolute Gasteiger partial charge is 0.468 e. The molecule has 2 atom stereocenters. The number of aromatic nitrogens is 2. The van der Waals surface area contributed by atoms with E-state index < -0.39 is 23.9 Å². The summed E-state index contributed by atoms with van der Waals surface area (Å²) in [7, 11) is 1.28. The summed E-state index contributed by atoms with van der Waals surface area (Å²) in [5.41, 5.74) is -0.490. The van der Waals surface area contributed by atoms with Gasteiger partial charge in [-0.3, -0.25) is 9.48 Å². The van der Waals surface area contributed by atoms with Gasteiger partial charge in [0.2, 0.25) is 0 Å². The molecule has 1 aliphatic heterocycles. The van der Waals surface area contributed by atoms with Gasteiger partial charge in [0, 0.05) is 12.2 Å². The lowest BCUT2D eigenvalue weighted by Gasteiger charge is -2.12. The molecule has 2 unspecified atom stereocenters. The van der Waals surface area contributed by atoms with Crippen molar-refractivity contribution in [2.45, 2.75) is 31.6 Å². The summed E-state index contributed by atoms with van der Waals surface area (Å²) in [5.74, 6) is -0.414. The lowest BCUT2D eigenvalue weighted by atomic mass is 10.2. The number of halogens is 3. The molecule has 5 nitrogen and oxygen atoms in total. The molecular formula is C11H14F3N3O2. The summed E-state index contributed by atoms with van der Waals surface area (Å²) in [6.45, 7) is 1.95. The zero-order valence-electron chi connectivity index (χ0n) is 10.5. The molecule has 0 aliphatic carbocycles. The smallest absolute Gasteiger partial charge is 0.435 e. The highest BCUT2D eigenvalue weighted by Gasteiger charge is 2.37. The average molecular weight is 277 g/mol. The van der Waals surface area contributed by atoms with Crippen LogP contribution in [-0.4, -0.2) is 35.4 Å². The first-order valence-electron chi connectivity index (χ1n) is 5.77. The van der Waals surface area contributed by atoms with Gasteiger partial charge >= 0.3 is 12.1 Å². The summed E-state index contributed by atoms with van der Waals surface area (Å²) in [6, 6.07) is 0.235. The molecule has 1 aromatic rings. The van der Waals surface area contributed by atoms with Gasteiger partial charge in [-0.15, -0.1) is 0 Å². The molecule has 1 aromatic heterocycles. The Bertz CT molecular complexity index is 484. The molecule has 8 heteroatoms. The summed E-state index contributed by atoms with van der Waals surface area (Å²) in [4.78, 5) is 11.3. The van der Waals surface area contributed by atoms with Crippen LogP contribution in [0.15, 0.2) is 6.07 Å². The number of carbonyl (C=O) groups excluding carboxylic acids is 1. The quantitative estimate of drug-likeness (QED) is 0.828. The Hall–Kier alpha value is -1.57. The van der Waals surface area contributed by atoms with Gasteiger partial charge in [0.15, 0.2) is 5.69 Å². The molecule has 1 N–H and O–H groups in total. The third-order valence-corrected chi connectivity index (χ3v) is 3.15. The van der Waals surface area contributed by atoms with Gasteiger partial charge in [-0.05, 0) is 19.4 Å². The Morgan fingerprint density at radius 2 is 2.26 bits per heavy atom. The van der Waals surface area contributed by atoms with Crippen molar-refractivity contribution in [2.24, 2.45) is 0 Å². The first-order valence-corrected chi connectivity index (χ1v) is 5.77. The van der Waals surface area contributed by atoms with Crippen LogP contribution in [0.4, 0.5) is 13.2 Å². The van der Waals surface area contributed by atoms with Crippen molar-refractivity contribution in [3.8, 4) is 0 Å². The van der Waals surface area contributed by atoms with Crippen LogP contribution in [0.1, 0.15) is 23.9 Å². The molecule has 1 saturated heterocycles. The third-order valence-electron chi connectivity index (χ3n) is 3.15. The van der Waals surface area contributed by atoms with Crippen LogP contribution < -0.4 is 5.32 Å². The predicted molar refractivity (Wildman–Crippen MR) is 59.4 cm³/mol. The fraction of sp³-hybridized carbons (Fsp3) is 0.636. The molecule has 0 saturated carbocycles. The van der Waals surface area contributed by atoms with E-state index in [-0.39, 0.29) is 6.04 Å². The molecule has 0 amide bonds. The van der Waals surface area contributed by atoms with Gasteiger partial charge < -0.3 is 10.1 Å². The van der Waals surface area contributed by atoms with Crippen molar-refractivity contribution in [3.05, 3.63) is 17.5 Å². The number of esters is 1. The van der Waals surface area contributed by atoms with Gasteiger partial charge in [-0.1, -0.05) is 0 Å². The molecule has 0 aromatic carbocycles. The number of rotatable bonds is 2. The molecule has 1 aliphatic rings. The van der Waals surface area contributed by atoms with Gasteiger partial charge in [0.25, 0.3) is 0 Å². The lowest BCUT2D eigenvalue weighted by molar-refractivity contribution is -0.143. The Morgan fingerprint density at radius 1 is 1.58 bits per heavy atom. The molecule has 0 spiro atoms. The first kappa shape index (κ1) is 13.9. The molecular weight excluding hydrogens is 263 g/mol. The zero-order chi connectivity index (χ0) is 14.2. The van der Waals surface area contributed by atoms with Gasteiger partial charge in [-0.2, -0.15) is 18.3 Å². The molecule has 0 radical (unpaired) electrons. The summed E-state index contributed by atoms with van der Waals surface area (Å²) in [6.07, 6.45) is -4.09. The Kier molecular flexibility index (Phi) is 3.53. The van der Waals surface area contributed by atoms with Crippen LogP contribution >= 0.6 is 0 Å². The lowest BCUT2D eigenvalue weighted by Crippen LogP contribution is -2.31. The van der Waals surface area contributed by atoms with Gasteiger partial charge in [-0.25, -0.2) is 0 Å². The van der Waals surface area contributed by atoms with Crippen LogP contribution in [-0.2, 0) is 15.7 Å². The monoisotopic (exact) mass is 277 g/mol. The van der Waals surface area contributed by atoms with Gasteiger partial charge in [0.05, 0.1) is 13.2 Å². The maximum atomic E-state index is 12.6. The van der Waals surface area contributed by atoms with Gasteiger partial charge in [0.1, 0.15) is 6.04 Å². The molecule has 2 heterocycles. The van der Waals surface area contributed by atoms with E-state index >= 15 is 0 Å². The highest BCUT2D eigenvalue weighted by Crippen LogP contribution is 2.30. The van der Waals surface area contributed by atoms with E-state index in [0.717, 1.165) is 6.07 Å². The van der Waals surface area contributed by atoms with Crippen molar-refractivity contribution in [1.29, 1.82) is 0 Å². The topological polar surface area (TPSA) is 56.2 Å². The van der Waals surface area contributed by atoms with Crippen LogP contribution in [0.5, 0.6) is 0 Å². The Labute approximate surface area is 107 Å². The molecule has 106 valence electrons. The van der Waals surface area contributed by atoms with Crippen molar-refractivity contribution in [2.75, 3.05) is 13.7 Å². The number of hydrogen-bond acceptors (Lipinski definition) is 4. The standard InChI is InChI=1S/C11H14F3N3O2/c1-6-3-9(11(12,13)14)16-17(6)7-4-8(15-5-7)10(18)19-2/h3,7-8,15H,4-5H2,1-2H3. The number of methoxy groups -OCH3 is 1. The van der Waals surface area contributed by atoms with E-state index in [1.165, 1.54) is 11.8 Å². The van der Waals surface area contributed by atoms with Crippen molar-refractivity contribution < 1.29 is 22.7 Å². The fourth-order valence-corrected chi connectivity index (χ4v) is 2.22. The Balaban J connectivity index is 2.16. The number of ether oxygens (including phenoxy) is 1. The number of alkyl halides is 3. The second-order valence-electron chi connectivity index (χ2n) is 4.49. The van der Waals surface area contributed by atoms with Crippen LogP contribution in [0.25, 0.3) is 0 Å². The van der Waals surface area contributed by atoms with Crippen LogP contribution in [0.2, 0.25) is 0 Å². The highest BCUT2D eigenvalue weighted by molar-refractivity contribution is 5.76. The summed E-state index contributed by atoms with van der Waals surface area (Å²) >= 11 is 0. The van der Waals surface area contributed by atoms with Crippen LogP contribution in [0.3, 0.4) is 0 Å². The van der Waals surface area contributed by atoms with Crippen molar-refractivity contribution in [1.82, 2.24) is 15.1 Å². The maximum Gasteiger partial charge on any atom is 0.435 e. The van der Waals surface area contributed by atoms with Crippen LogP contribution in [0, 0.1) is 6.92 Å². The van der Waals surface area contributed by atoms with E-state index in [2.05, 4.69) is 15.2 Å². The van der Waals surface area contributed by atoms with E-state index in [1.54, 1.807) is 6.92 Å². The number of hydrogen-bond donors (Lipinski definition) is 1. The molecule has 0 bridgehead atoms. The van der Waals surface area contributed by atoms with Crippen molar-refractivity contribution in [3.63, 3.8) is 0 Å². The second kappa shape index (κ2) is 4.84. The minimum Gasteiger partial charge on any atom is -0.468 e. The fourth-order valence-electron chi connectivity index (χ4n) is 2.22. The number of nitrogens with one attached hydrogen (secondary N) is 1. The second-order valence-corrected chi connectivity index (χ2v) is 4.49. The number of nitrogens with zero attached hydrogens (tertiary/aromatic N) is 2. The zero-order valence-corrected chi connectivity index (χ0v) is 10.5. The predicted octanol–water partition coefficient (Wildman–Crippen LogP) is 1.29. The van der Waals surface area contributed by atoms with Crippen molar-refractivity contribution >= 4 is 5.97 Å². The number of carbonyl (C=O) groups is 1. The minimum atomic E-state index is -4.45. The first-order chi connectivity index (χ1) is 8.82. The van der Waals surface area contributed by atoms with E-state index in [9.17, 15) is 18.0 Å².